The fraction of sp³-hybridized carbons (Fsp3) is 0.571. The van der Waals surface area contributed by atoms with E-state index in [9.17, 15) is 9.90 Å². The van der Waals surface area contributed by atoms with Gasteiger partial charge < -0.3 is 10.0 Å². The van der Waals surface area contributed by atoms with Crippen LogP contribution in [0.15, 0.2) is 12.1 Å². The molecule has 4 heteroatoms. The first-order chi connectivity index (χ1) is 8.61. The third-order valence-electron chi connectivity index (χ3n) is 3.74. The number of hydrogen-bond acceptors (Lipinski definition) is 3. The molecule has 0 amide bonds. The van der Waals surface area contributed by atoms with Crippen molar-refractivity contribution < 1.29 is 9.90 Å². The molecule has 1 aliphatic rings. The summed E-state index contributed by atoms with van der Waals surface area (Å²) in [6.07, 6.45) is 3.47. The number of pyridine rings is 1. The molecule has 1 aromatic rings. The van der Waals surface area contributed by atoms with E-state index in [1.54, 1.807) is 12.1 Å². The maximum Gasteiger partial charge on any atom is 0.339 e. The Kier molecular flexibility index (Phi) is 3.84. The zero-order chi connectivity index (χ0) is 13.1. The van der Waals surface area contributed by atoms with Crippen molar-refractivity contribution in [3.05, 3.63) is 23.4 Å². The zero-order valence-electron chi connectivity index (χ0n) is 11.0. The van der Waals surface area contributed by atoms with Crippen molar-refractivity contribution in [2.45, 2.75) is 33.1 Å². The van der Waals surface area contributed by atoms with E-state index >= 15 is 0 Å². The summed E-state index contributed by atoms with van der Waals surface area (Å²) in [4.78, 5) is 17.8. The number of aromatic nitrogens is 1. The van der Waals surface area contributed by atoms with Gasteiger partial charge in [-0.05, 0) is 37.8 Å². The first kappa shape index (κ1) is 12.9. The molecule has 0 unspecified atom stereocenters. The van der Waals surface area contributed by atoms with Crippen molar-refractivity contribution in [2.24, 2.45) is 5.92 Å². The number of hydrogen-bond donors (Lipinski definition) is 1. The fourth-order valence-corrected chi connectivity index (χ4v) is 2.50. The van der Waals surface area contributed by atoms with Crippen LogP contribution in [0.1, 0.15) is 42.2 Å². The number of anilines is 1. The predicted octanol–water partition coefficient (Wildman–Crippen LogP) is 2.71. The minimum atomic E-state index is -0.893. The highest BCUT2D eigenvalue weighted by Gasteiger charge is 2.23. The number of nitrogens with zero attached hydrogens (tertiary/aromatic N) is 2. The SMILES string of the molecule is CCC1CCN(c2nc(C)ccc2C(=O)O)CC1. The lowest BCUT2D eigenvalue weighted by atomic mass is 9.94. The number of aryl methyl sites for hydroxylation is 1. The lowest BCUT2D eigenvalue weighted by Gasteiger charge is -2.33. The number of piperidine rings is 1. The number of carboxylic acid groups (broad SMARTS) is 1. The van der Waals surface area contributed by atoms with Gasteiger partial charge in [0.15, 0.2) is 0 Å². The van der Waals surface area contributed by atoms with E-state index in [-0.39, 0.29) is 0 Å². The molecular weight excluding hydrogens is 228 g/mol. The maximum absolute atomic E-state index is 11.2. The minimum Gasteiger partial charge on any atom is -0.478 e. The molecule has 1 saturated heterocycles. The summed E-state index contributed by atoms with van der Waals surface area (Å²) >= 11 is 0. The van der Waals surface area contributed by atoms with Crippen LogP contribution < -0.4 is 4.90 Å². The number of carbonyl (C=O) groups is 1. The highest BCUT2D eigenvalue weighted by atomic mass is 16.4. The third kappa shape index (κ3) is 2.63. The van der Waals surface area contributed by atoms with E-state index < -0.39 is 5.97 Å². The van der Waals surface area contributed by atoms with Crippen molar-refractivity contribution in [3.8, 4) is 0 Å². The molecule has 4 nitrogen and oxygen atoms in total. The van der Waals surface area contributed by atoms with Gasteiger partial charge in [0.25, 0.3) is 0 Å². The smallest absolute Gasteiger partial charge is 0.339 e. The zero-order valence-corrected chi connectivity index (χ0v) is 11.0. The Balaban J connectivity index is 2.22. The molecule has 1 aromatic heterocycles. The van der Waals surface area contributed by atoms with Gasteiger partial charge in [0.05, 0.1) is 0 Å². The molecule has 0 spiro atoms. The first-order valence-corrected chi connectivity index (χ1v) is 6.57. The van der Waals surface area contributed by atoms with Crippen molar-refractivity contribution in [1.29, 1.82) is 0 Å². The number of aromatic carboxylic acids is 1. The van der Waals surface area contributed by atoms with E-state index in [0.717, 1.165) is 37.5 Å². The quantitative estimate of drug-likeness (QED) is 0.893. The highest BCUT2D eigenvalue weighted by molar-refractivity contribution is 5.93. The average Bonchev–Trinajstić information content (AvgIpc) is 2.38. The molecule has 1 aliphatic heterocycles. The van der Waals surface area contributed by atoms with Crippen LogP contribution in [0.2, 0.25) is 0 Å². The molecule has 0 aromatic carbocycles. The van der Waals surface area contributed by atoms with E-state index in [0.29, 0.717) is 11.4 Å². The van der Waals surface area contributed by atoms with Crippen LogP contribution in [0.3, 0.4) is 0 Å². The Hall–Kier alpha value is -1.58. The maximum atomic E-state index is 11.2. The molecule has 98 valence electrons. The molecule has 18 heavy (non-hydrogen) atoms. The average molecular weight is 248 g/mol. The lowest BCUT2D eigenvalue weighted by Crippen LogP contribution is -2.35. The van der Waals surface area contributed by atoms with Crippen molar-refractivity contribution in [3.63, 3.8) is 0 Å². The number of rotatable bonds is 3. The summed E-state index contributed by atoms with van der Waals surface area (Å²) < 4.78 is 0. The number of carboxylic acids is 1. The molecule has 0 saturated carbocycles. The summed E-state index contributed by atoms with van der Waals surface area (Å²) in [6.45, 7) is 5.94. The highest BCUT2D eigenvalue weighted by Crippen LogP contribution is 2.26. The van der Waals surface area contributed by atoms with E-state index in [1.807, 2.05) is 6.92 Å². The van der Waals surface area contributed by atoms with Crippen molar-refractivity contribution in [1.82, 2.24) is 4.98 Å². The fourth-order valence-electron chi connectivity index (χ4n) is 2.50. The Labute approximate surface area is 108 Å². The Morgan fingerprint density at radius 3 is 2.67 bits per heavy atom. The van der Waals surface area contributed by atoms with Gasteiger partial charge in [-0.15, -0.1) is 0 Å². The normalized spacial score (nSPS) is 16.9. The standard InChI is InChI=1S/C14H20N2O2/c1-3-11-6-8-16(9-7-11)13-12(14(17)18)5-4-10(2)15-13/h4-5,11H,3,6-9H2,1-2H3,(H,17,18). The van der Waals surface area contributed by atoms with Crippen LogP contribution in [0.5, 0.6) is 0 Å². The monoisotopic (exact) mass is 248 g/mol. The summed E-state index contributed by atoms with van der Waals surface area (Å²) in [7, 11) is 0. The van der Waals surface area contributed by atoms with Gasteiger partial charge in [0, 0.05) is 18.8 Å². The molecule has 0 radical (unpaired) electrons. The van der Waals surface area contributed by atoms with Gasteiger partial charge >= 0.3 is 5.97 Å². The molecule has 0 bridgehead atoms. The van der Waals surface area contributed by atoms with E-state index in [2.05, 4.69) is 16.8 Å². The second-order valence-corrected chi connectivity index (χ2v) is 4.97. The lowest BCUT2D eigenvalue weighted by molar-refractivity contribution is 0.0697. The largest absolute Gasteiger partial charge is 0.478 e. The van der Waals surface area contributed by atoms with Gasteiger partial charge in [-0.3, -0.25) is 0 Å². The summed E-state index contributed by atoms with van der Waals surface area (Å²) in [5.41, 5.74) is 1.18. The third-order valence-corrected chi connectivity index (χ3v) is 3.74. The van der Waals surface area contributed by atoms with E-state index in [1.165, 1.54) is 6.42 Å². The Morgan fingerprint density at radius 1 is 1.44 bits per heavy atom. The molecular formula is C14H20N2O2. The van der Waals surface area contributed by atoms with Gasteiger partial charge in [0.1, 0.15) is 11.4 Å². The van der Waals surface area contributed by atoms with Gasteiger partial charge in [-0.25, -0.2) is 9.78 Å². The molecule has 0 atom stereocenters. The predicted molar refractivity (Wildman–Crippen MR) is 71.2 cm³/mol. The summed E-state index contributed by atoms with van der Waals surface area (Å²) in [5.74, 6) is 0.520. The summed E-state index contributed by atoms with van der Waals surface area (Å²) in [5, 5.41) is 9.22. The van der Waals surface area contributed by atoms with Crippen LogP contribution in [0.25, 0.3) is 0 Å². The van der Waals surface area contributed by atoms with Gasteiger partial charge in [-0.1, -0.05) is 13.3 Å². The van der Waals surface area contributed by atoms with Crippen LogP contribution in [-0.2, 0) is 0 Å². The van der Waals surface area contributed by atoms with Gasteiger partial charge in [-0.2, -0.15) is 0 Å². The second-order valence-electron chi connectivity index (χ2n) is 4.97. The molecule has 0 aliphatic carbocycles. The van der Waals surface area contributed by atoms with E-state index in [4.69, 9.17) is 0 Å². The van der Waals surface area contributed by atoms with Crippen LogP contribution in [0.4, 0.5) is 5.82 Å². The molecule has 1 fully saturated rings. The second kappa shape index (κ2) is 5.38. The van der Waals surface area contributed by atoms with Crippen molar-refractivity contribution in [2.75, 3.05) is 18.0 Å². The summed E-state index contributed by atoms with van der Waals surface area (Å²) in [6, 6.07) is 3.41. The molecule has 2 rings (SSSR count). The molecule has 1 N–H and O–H groups in total. The van der Waals surface area contributed by atoms with Crippen LogP contribution in [0, 0.1) is 12.8 Å². The minimum absolute atomic E-state index is 0.315. The van der Waals surface area contributed by atoms with Gasteiger partial charge in [0.2, 0.25) is 0 Å². The van der Waals surface area contributed by atoms with Crippen LogP contribution in [-0.4, -0.2) is 29.1 Å². The molecule has 2 heterocycles. The Morgan fingerprint density at radius 2 is 2.11 bits per heavy atom. The topological polar surface area (TPSA) is 53.4 Å². The Bertz CT molecular complexity index is 437. The first-order valence-electron chi connectivity index (χ1n) is 6.57. The van der Waals surface area contributed by atoms with Crippen molar-refractivity contribution >= 4 is 11.8 Å². The van der Waals surface area contributed by atoms with Crippen LogP contribution >= 0.6 is 0 Å².